The molecule has 0 aliphatic carbocycles. The molecule has 9 nitrogen and oxygen atoms in total. The van der Waals surface area contributed by atoms with E-state index >= 15 is 0 Å². The Hall–Kier alpha value is -2.20. The van der Waals surface area contributed by atoms with Crippen LogP contribution >= 0.6 is 0 Å². The molecule has 2 aromatic rings. The van der Waals surface area contributed by atoms with Crippen molar-refractivity contribution < 1.29 is 8.42 Å². The Balaban J connectivity index is 1.78. The number of sulfonamides is 1. The lowest BCUT2D eigenvalue weighted by Crippen LogP contribution is -2.49. The predicted octanol–water partition coefficient (Wildman–Crippen LogP) is 1.56. The Labute approximate surface area is 166 Å². The molecule has 0 radical (unpaired) electrons. The number of hydrogen-bond donors (Lipinski definition) is 1. The molecule has 1 aliphatic heterocycles. The summed E-state index contributed by atoms with van der Waals surface area (Å²) in [5.74, 6) is 1.43. The Morgan fingerprint density at radius 2 is 1.75 bits per heavy atom. The summed E-state index contributed by atoms with van der Waals surface area (Å²) in [6.07, 6.45) is 0. The third kappa shape index (κ3) is 3.83. The van der Waals surface area contributed by atoms with Crippen LogP contribution in [-0.4, -0.2) is 65.2 Å². The van der Waals surface area contributed by atoms with Crippen molar-refractivity contribution in [2.75, 3.05) is 42.9 Å². The van der Waals surface area contributed by atoms with Crippen LogP contribution in [0, 0.1) is 20.8 Å². The molecule has 0 amide bonds. The molecule has 1 aliphatic rings. The number of aromatic nitrogens is 4. The van der Waals surface area contributed by atoms with Crippen molar-refractivity contribution >= 4 is 21.8 Å². The van der Waals surface area contributed by atoms with E-state index < -0.39 is 10.0 Å². The zero-order valence-corrected chi connectivity index (χ0v) is 18.0. The molecule has 0 spiro atoms. The van der Waals surface area contributed by atoms with E-state index in [1.165, 1.54) is 0 Å². The number of anilines is 2. The first-order valence-electron chi connectivity index (χ1n) is 9.66. The van der Waals surface area contributed by atoms with Crippen LogP contribution in [-0.2, 0) is 16.6 Å². The molecule has 0 saturated carbocycles. The van der Waals surface area contributed by atoms with E-state index in [4.69, 9.17) is 0 Å². The third-order valence-corrected chi connectivity index (χ3v) is 7.10. The molecular formula is C18H29N7O2S. The fourth-order valence-corrected chi connectivity index (χ4v) is 5.39. The first-order chi connectivity index (χ1) is 13.3. The van der Waals surface area contributed by atoms with Crippen molar-refractivity contribution in [3.63, 3.8) is 0 Å². The molecule has 3 rings (SSSR count). The number of piperazine rings is 1. The normalized spacial score (nSPS) is 15.8. The minimum absolute atomic E-state index is 0.343. The lowest BCUT2D eigenvalue weighted by Gasteiger charge is -2.34. The minimum atomic E-state index is -3.56. The molecule has 0 aromatic carbocycles. The second-order valence-electron chi connectivity index (χ2n) is 6.93. The average Bonchev–Trinajstić information content (AvgIpc) is 2.95. The molecule has 10 heteroatoms. The lowest BCUT2D eigenvalue weighted by molar-refractivity contribution is 0.383. The summed E-state index contributed by atoms with van der Waals surface area (Å²) in [5, 5.41) is 7.50. The topological polar surface area (TPSA) is 96.3 Å². The second-order valence-corrected chi connectivity index (χ2v) is 8.80. The predicted molar refractivity (Wildman–Crippen MR) is 109 cm³/mol. The van der Waals surface area contributed by atoms with Crippen molar-refractivity contribution in [3.8, 4) is 0 Å². The van der Waals surface area contributed by atoms with Gasteiger partial charge in [0.05, 0.1) is 11.4 Å². The van der Waals surface area contributed by atoms with Gasteiger partial charge in [0.1, 0.15) is 10.7 Å². The van der Waals surface area contributed by atoms with Gasteiger partial charge < -0.3 is 10.2 Å². The Morgan fingerprint density at radius 1 is 1.07 bits per heavy atom. The summed E-state index contributed by atoms with van der Waals surface area (Å²) in [4.78, 5) is 11.4. The van der Waals surface area contributed by atoms with Gasteiger partial charge in [-0.25, -0.2) is 13.4 Å². The monoisotopic (exact) mass is 407 g/mol. The molecule has 28 heavy (non-hydrogen) atoms. The molecule has 1 saturated heterocycles. The minimum Gasteiger partial charge on any atom is -0.354 e. The maximum atomic E-state index is 13.2. The van der Waals surface area contributed by atoms with E-state index in [-0.39, 0.29) is 0 Å². The van der Waals surface area contributed by atoms with Gasteiger partial charge in [-0.15, -0.1) is 0 Å². The van der Waals surface area contributed by atoms with Crippen molar-refractivity contribution in [1.29, 1.82) is 0 Å². The maximum absolute atomic E-state index is 13.2. The number of aryl methyl sites for hydroxylation is 3. The number of rotatable bonds is 6. The highest BCUT2D eigenvalue weighted by atomic mass is 32.2. The van der Waals surface area contributed by atoms with Crippen molar-refractivity contribution in [2.24, 2.45) is 0 Å². The van der Waals surface area contributed by atoms with Gasteiger partial charge >= 0.3 is 0 Å². The van der Waals surface area contributed by atoms with E-state index in [2.05, 4.69) is 25.3 Å². The van der Waals surface area contributed by atoms with Crippen molar-refractivity contribution in [2.45, 2.75) is 46.1 Å². The van der Waals surface area contributed by atoms with E-state index in [9.17, 15) is 8.42 Å². The van der Waals surface area contributed by atoms with Crippen LogP contribution in [0.15, 0.2) is 11.0 Å². The summed E-state index contributed by atoms with van der Waals surface area (Å²) in [7, 11) is -3.56. The van der Waals surface area contributed by atoms with Crippen molar-refractivity contribution in [3.05, 3.63) is 23.1 Å². The molecule has 0 unspecified atom stereocenters. The van der Waals surface area contributed by atoms with Gasteiger partial charge in [0, 0.05) is 51.0 Å². The van der Waals surface area contributed by atoms with Crippen LogP contribution < -0.4 is 10.2 Å². The zero-order chi connectivity index (χ0) is 20.5. The molecule has 2 aromatic heterocycles. The van der Waals surface area contributed by atoms with Gasteiger partial charge in [0.2, 0.25) is 16.0 Å². The molecule has 1 fully saturated rings. The SMILES string of the molecule is CCNc1nc(C)cc(N2CCN(S(=O)(=O)c3c(C)nn(CC)c3C)CC2)n1. The highest BCUT2D eigenvalue weighted by Gasteiger charge is 2.33. The van der Waals surface area contributed by atoms with Crippen LogP contribution in [0.4, 0.5) is 11.8 Å². The Kier molecular flexibility index (Phi) is 5.90. The molecule has 1 N–H and O–H groups in total. The summed E-state index contributed by atoms with van der Waals surface area (Å²) in [6, 6.07) is 1.94. The van der Waals surface area contributed by atoms with Gasteiger partial charge in [-0.2, -0.15) is 14.4 Å². The van der Waals surface area contributed by atoms with Crippen LogP contribution in [0.2, 0.25) is 0 Å². The summed E-state index contributed by atoms with van der Waals surface area (Å²) >= 11 is 0. The van der Waals surface area contributed by atoms with Crippen molar-refractivity contribution in [1.82, 2.24) is 24.1 Å². The maximum Gasteiger partial charge on any atom is 0.246 e. The average molecular weight is 408 g/mol. The molecule has 0 atom stereocenters. The fraction of sp³-hybridized carbons (Fsp3) is 0.611. The molecule has 154 valence electrons. The van der Waals surface area contributed by atoms with Crippen LogP contribution in [0.25, 0.3) is 0 Å². The standard InChI is InChI=1S/C18H29N7O2S/c1-6-19-18-20-13(3)12-16(21-18)23-8-10-24(11-9-23)28(26,27)17-14(4)22-25(7-2)15(17)5/h12H,6-11H2,1-5H3,(H,19,20,21). The molecular weight excluding hydrogens is 378 g/mol. The number of hydrogen-bond acceptors (Lipinski definition) is 7. The van der Waals surface area contributed by atoms with E-state index in [0.29, 0.717) is 55.0 Å². The first-order valence-corrected chi connectivity index (χ1v) is 11.1. The van der Waals surface area contributed by atoms with Crippen LogP contribution in [0.5, 0.6) is 0 Å². The smallest absolute Gasteiger partial charge is 0.246 e. The van der Waals surface area contributed by atoms with E-state index in [1.807, 2.05) is 33.8 Å². The largest absolute Gasteiger partial charge is 0.354 e. The molecule has 3 heterocycles. The number of nitrogens with one attached hydrogen (secondary N) is 1. The summed E-state index contributed by atoms with van der Waals surface area (Å²) in [5.41, 5.74) is 2.14. The van der Waals surface area contributed by atoms with Gasteiger partial charge in [-0.3, -0.25) is 4.68 Å². The Morgan fingerprint density at radius 3 is 2.32 bits per heavy atom. The number of nitrogens with zero attached hydrogens (tertiary/aromatic N) is 6. The van der Waals surface area contributed by atoms with Crippen LogP contribution in [0.3, 0.4) is 0 Å². The van der Waals surface area contributed by atoms with Gasteiger partial charge in [-0.05, 0) is 34.6 Å². The quantitative estimate of drug-likeness (QED) is 0.776. The van der Waals surface area contributed by atoms with Gasteiger partial charge in [-0.1, -0.05) is 0 Å². The van der Waals surface area contributed by atoms with Gasteiger partial charge in [0.25, 0.3) is 0 Å². The highest BCUT2D eigenvalue weighted by molar-refractivity contribution is 7.89. The molecule has 0 bridgehead atoms. The summed E-state index contributed by atoms with van der Waals surface area (Å²) in [6.45, 7) is 12.9. The highest BCUT2D eigenvalue weighted by Crippen LogP contribution is 2.25. The van der Waals surface area contributed by atoms with Crippen LogP contribution in [0.1, 0.15) is 30.9 Å². The zero-order valence-electron chi connectivity index (χ0n) is 17.2. The van der Waals surface area contributed by atoms with E-state index in [1.54, 1.807) is 15.9 Å². The second kappa shape index (κ2) is 8.04. The van der Waals surface area contributed by atoms with Gasteiger partial charge in [0.15, 0.2) is 0 Å². The third-order valence-electron chi connectivity index (χ3n) is 4.95. The lowest BCUT2D eigenvalue weighted by atomic mass is 10.3. The van der Waals surface area contributed by atoms with E-state index in [0.717, 1.165) is 18.1 Å². The Bertz CT molecular complexity index is 947. The fourth-order valence-electron chi connectivity index (χ4n) is 3.60. The summed E-state index contributed by atoms with van der Waals surface area (Å²) < 4.78 is 29.7. The first kappa shape index (κ1) is 20.5.